The zero-order valence-electron chi connectivity index (χ0n) is 17.4. The summed E-state index contributed by atoms with van der Waals surface area (Å²) < 4.78 is 13.7. The summed E-state index contributed by atoms with van der Waals surface area (Å²) in [5.41, 5.74) is 3.31. The molecule has 5 rings (SSSR count). The van der Waals surface area contributed by atoms with E-state index in [1.807, 2.05) is 23.1 Å². The average Bonchev–Trinajstić information content (AvgIpc) is 2.76. The second kappa shape index (κ2) is 8.84. The fourth-order valence-electron chi connectivity index (χ4n) is 4.21. The quantitative estimate of drug-likeness (QED) is 0.529. The molecule has 1 aliphatic heterocycles. The largest absolute Gasteiger partial charge is 0.325 e. The van der Waals surface area contributed by atoms with Gasteiger partial charge in [-0.1, -0.05) is 24.1 Å². The summed E-state index contributed by atoms with van der Waals surface area (Å²) in [5, 5.41) is 7.36. The van der Waals surface area contributed by atoms with Crippen molar-refractivity contribution in [1.82, 2.24) is 15.3 Å². The lowest BCUT2D eigenvalue weighted by molar-refractivity contribution is -0.111. The van der Waals surface area contributed by atoms with Gasteiger partial charge in [0, 0.05) is 42.0 Å². The lowest BCUT2D eigenvalue weighted by Gasteiger charge is -2.31. The van der Waals surface area contributed by atoms with Crippen LogP contribution in [-0.2, 0) is 11.2 Å². The maximum Gasteiger partial charge on any atom is 0.248 e. The van der Waals surface area contributed by atoms with Crippen LogP contribution < -0.4 is 15.5 Å². The van der Waals surface area contributed by atoms with Crippen LogP contribution in [0.5, 0.6) is 0 Å². The Morgan fingerprint density at radius 1 is 1.25 bits per heavy atom. The summed E-state index contributed by atoms with van der Waals surface area (Å²) in [6, 6.07) is 9.00. The highest BCUT2D eigenvalue weighted by molar-refractivity contribution is 6.31. The van der Waals surface area contributed by atoms with Gasteiger partial charge in [0.2, 0.25) is 5.91 Å². The summed E-state index contributed by atoms with van der Waals surface area (Å²) in [4.78, 5) is 23.4. The van der Waals surface area contributed by atoms with Crippen LogP contribution in [0.1, 0.15) is 24.8 Å². The van der Waals surface area contributed by atoms with Crippen molar-refractivity contribution in [2.24, 2.45) is 0 Å². The first-order chi connectivity index (χ1) is 15.6. The minimum Gasteiger partial charge on any atom is -0.325 e. The van der Waals surface area contributed by atoms with Crippen molar-refractivity contribution in [3.8, 4) is 0 Å². The molecule has 0 atom stereocenters. The molecular weight excluding hydrogens is 429 g/mol. The van der Waals surface area contributed by atoms with Crippen LogP contribution in [0.15, 0.2) is 48.8 Å². The second-order valence-corrected chi connectivity index (χ2v) is 8.52. The molecule has 0 spiro atoms. The topological polar surface area (TPSA) is 70.1 Å². The first-order valence-corrected chi connectivity index (χ1v) is 11.2. The van der Waals surface area contributed by atoms with E-state index in [-0.39, 0.29) is 10.9 Å². The molecule has 1 amide bonds. The molecule has 0 unspecified atom stereocenters. The highest BCUT2D eigenvalue weighted by Crippen LogP contribution is 2.39. The van der Waals surface area contributed by atoms with E-state index in [0.29, 0.717) is 25.6 Å². The Bertz CT molecular complexity index is 1210. The highest BCUT2D eigenvalue weighted by Gasteiger charge is 2.25. The first kappa shape index (κ1) is 20.8. The van der Waals surface area contributed by atoms with Crippen molar-refractivity contribution in [3.63, 3.8) is 0 Å². The van der Waals surface area contributed by atoms with E-state index >= 15 is 0 Å². The molecule has 0 saturated heterocycles. The maximum atomic E-state index is 13.7. The molecule has 1 fully saturated rings. The van der Waals surface area contributed by atoms with E-state index in [9.17, 15) is 9.18 Å². The number of aromatic nitrogens is 2. The van der Waals surface area contributed by atoms with Gasteiger partial charge in [0.1, 0.15) is 18.0 Å². The Morgan fingerprint density at radius 3 is 2.91 bits per heavy atom. The monoisotopic (exact) mass is 451 g/mol. The number of nitrogens with zero attached hydrogens (tertiary/aromatic N) is 3. The molecule has 8 heteroatoms. The van der Waals surface area contributed by atoms with E-state index < -0.39 is 5.82 Å². The molecule has 2 aliphatic rings. The van der Waals surface area contributed by atoms with Crippen LogP contribution in [0.3, 0.4) is 0 Å². The predicted molar refractivity (Wildman–Crippen MR) is 125 cm³/mol. The number of nitrogens with one attached hydrogen (secondary N) is 2. The minimum atomic E-state index is -0.457. The number of carbonyl (C=O) groups excluding carboxylic acids is 1. The van der Waals surface area contributed by atoms with Gasteiger partial charge in [-0.15, -0.1) is 0 Å². The van der Waals surface area contributed by atoms with Crippen LogP contribution in [0.4, 0.5) is 21.6 Å². The van der Waals surface area contributed by atoms with Gasteiger partial charge < -0.3 is 15.5 Å². The molecule has 32 heavy (non-hydrogen) atoms. The van der Waals surface area contributed by atoms with E-state index in [4.69, 9.17) is 11.6 Å². The third-order valence-corrected chi connectivity index (χ3v) is 6.39. The molecule has 0 bridgehead atoms. The molecule has 6 nitrogen and oxygen atoms in total. The van der Waals surface area contributed by atoms with Gasteiger partial charge in [-0.25, -0.2) is 14.4 Å². The number of hydrogen-bond acceptors (Lipinski definition) is 5. The molecule has 164 valence electrons. The summed E-state index contributed by atoms with van der Waals surface area (Å²) in [6.45, 7) is 1.31. The Kier molecular flexibility index (Phi) is 5.76. The Morgan fingerprint density at radius 2 is 2.12 bits per heavy atom. The number of halogens is 2. The smallest absolute Gasteiger partial charge is 0.248 e. The van der Waals surface area contributed by atoms with Crippen molar-refractivity contribution >= 4 is 45.6 Å². The Balaban J connectivity index is 1.40. The third-order valence-electron chi connectivity index (χ3n) is 6.10. The van der Waals surface area contributed by atoms with Crippen LogP contribution in [-0.4, -0.2) is 35.0 Å². The fourth-order valence-corrected chi connectivity index (χ4v) is 4.38. The molecule has 1 saturated carbocycles. The van der Waals surface area contributed by atoms with E-state index in [1.165, 1.54) is 31.7 Å². The van der Waals surface area contributed by atoms with E-state index in [0.717, 1.165) is 33.7 Å². The van der Waals surface area contributed by atoms with Crippen LogP contribution in [0.25, 0.3) is 10.9 Å². The van der Waals surface area contributed by atoms with Gasteiger partial charge in [-0.2, -0.15) is 0 Å². The van der Waals surface area contributed by atoms with Gasteiger partial charge in [0.15, 0.2) is 0 Å². The predicted octanol–water partition coefficient (Wildman–Crippen LogP) is 4.75. The highest BCUT2D eigenvalue weighted by atomic mass is 35.5. The maximum absolute atomic E-state index is 13.7. The molecule has 2 aromatic carbocycles. The summed E-state index contributed by atoms with van der Waals surface area (Å²) >= 11 is 6.01. The molecule has 0 radical (unpaired) electrons. The third kappa shape index (κ3) is 4.06. The summed E-state index contributed by atoms with van der Waals surface area (Å²) in [6.07, 6.45) is 9.33. The molecule has 1 aliphatic carbocycles. The average molecular weight is 452 g/mol. The van der Waals surface area contributed by atoms with Crippen molar-refractivity contribution in [3.05, 3.63) is 65.2 Å². The SMILES string of the molecule is O=C(/C=C/CNC1CCC1)Nc1ccc2ncnc3c2c1CCN3c1ccc(F)c(Cl)c1. The molecule has 2 N–H and O–H groups in total. The van der Waals surface area contributed by atoms with Gasteiger partial charge in [-0.3, -0.25) is 4.79 Å². The fraction of sp³-hybridized carbons (Fsp3) is 0.292. The number of amides is 1. The number of anilines is 3. The lowest BCUT2D eigenvalue weighted by atomic mass is 9.93. The van der Waals surface area contributed by atoms with Crippen LogP contribution in [0, 0.1) is 5.82 Å². The molecule has 3 aromatic rings. The van der Waals surface area contributed by atoms with Crippen molar-refractivity contribution in [1.29, 1.82) is 0 Å². The summed E-state index contributed by atoms with van der Waals surface area (Å²) in [7, 11) is 0. The lowest BCUT2D eigenvalue weighted by Crippen LogP contribution is -2.35. The normalized spacial score (nSPS) is 15.9. The van der Waals surface area contributed by atoms with Crippen molar-refractivity contribution in [2.45, 2.75) is 31.7 Å². The van der Waals surface area contributed by atoms with Crippen molar-refractivity contribution < 1.29 is 9.18 Å². The van der Waals surface area contributed by atoms with Crippen LogP contribution >= 0.6 is 11.6 Å². The van der Waals surface area contributed by atoms with Gasteiger partial charge in [-0.05, 0) is 55.2 Å². The zero-order chi connectivity index (χ0) is 22.1. The standard InChI is InChI=1S/C24H23ClFN5O/c25-18-13-16(6-7-19(18)26)31-12-10-17-20(8-9-21-23(17)24(31)29-14-28-21)30-22(32)5-2-11-27-15-3-1-4-15/h2,5-9,13-15,27H,1,3-4,10-12H2,(H,30,32)/b5-2+. The zero-order valence-corrected chi connectivity index (χ0v) is 18.2. The molecule has 2 heterocycles. The number of carbonyl (C=O) groups is 1. The minimum absolute atomic E-state index is 0.0678. The van der Waals surface area contributed by atoms with Crippen LogP contribution in [0.2, 0.25) is 5.02 Å². The Labute approximate surface area is 190 Å². The van der Waals surface area contributed by atoms with Gasteiger partial charge in [0.25, 0.3) is 0 Å². The summed E-state index contributed by atoms with van der Waals surface area (Å²) in [5.74, 6) is 0.0963. The van der Waals surface area contributed by atoms with Gasteiger partial charge in [0.05, 0.1) is 10.5 Å². The number of benzene rings is 2. The van der Waals surface area contributed by atoms with Crippen molar-refractivity contribution in [2.75, 3.05) is 23.3 Å². The molecular formula is C24H23ClFN5O. The number of hydrogen-bond donors (Lipinski definition) is 2. The second-order valence-electron chi connectivity index (χ2n) is 8.11. The van der Waals surface area contributed by atoms with Gasteiger partial charge >= 0.3 is 0 Å². The van der Waals surface area contributed by atoms with E-state index in [2.05, 4.69) is 20.6 Å². The van der Waals surface area contributed by atoms with E-state index in [1.54, 1.807) is 18.2 Å². The first-order valence-electron chi connectivity index (χ1n) is 10.8. The Hall–Kier alpha value is -3.03. The number of rotatable bonds is 6. The molecule has 1 aromatic heterocycles.